The maximum atomic E-state index is 12.6. The first-order valence-corrected chi connectivity index (χ1v) is 9.60. The van der Waals surface area contributed by atoms with Gasteiger partial charge < -0.3 is 10.6 Å². The monoisotopic (exact) mass is 341 g/mol. The number of piperidine rings is 1. The number of aryl methyl sites for hydroxylation is 1. The van der Waals surface area contributed by atoms with Crippen molar-refractivity contribution < 1.29 is 4.79 Å². The zero-order valence-corrected chi connectivity index (χ0v) is 14.8. The molecule has 1 atom stereocenters. The van der Waals surface area contributed by atoms with Crippen LogP contribution < -0.4 is 10.6 Å². The van der Waals surface area contributed by atoms with E-state index in [-0.39, 0.29) is 17.2 Å². The molecule has 1 spiro atoms. The Morgan fingerprint density at radius 3 is 2.79 bits per heavy atom. The fraction of sp³-hybridized carbons (Fsp3) is 0.474. The highest BCUT2D eigenvalue weighted by molar-refractivity contribution is 7.16. The van der Waals surface area contributed by atoms with Crippen molar-refractivity contribution in [2.75, 3.05) is 18.4 Å². The summed E-state index contributed by atoms with van der Waals surface area (Å²) < 4.78 is 0. The molecule has 2 N–H and O–H groups in total. The Morgan fingerprint density at radius 2 is 2.08 bits per heavy atom. The van der Waals surface area contributed by atoms with Crippen LogP contribution in [0.2, 0.25) is 0 Å². The molecule has 1 aromatic heterocycles. The Labute approximate surface area is 146 Å². The first-order chi connectivity index (χ1) is 11.7. The van der Waals surface area contributed by atoms with Crippen LogP contribution in [0.15, 0.2) is 30.3 Å². The molecular weight excluding hydrogens is 318 g/mol. The highest BCUT2D eigenvalue weighted by atomic mass is 32.1. The predicted octanol–water partition coefficient (Wildman–Crippen LogP) is 3.70. The zero-order chi connectivity index (χ0) is 16.6. The number of nitrogens with one attached hydrogen (secondary N) is 2. The number of nitrogens with zero attached hydrogens (tertiary/aromatic N) is 1. The number of rotatable bonds is 4. The molecule has 5 heteroatoms. The minimum absolute atomic E-state index is 0.160. The molecule has 4 rings (SSSR count). The van der Waals surface area contributed by atoms with Crippen molar-refractivity contribution in [3.05, 3.63) is 35.2 Å². The predicted molar refractivity (Wildman–Crippen MR) is 98.2 cm³/mol. The Morgan fingerprint density at radius 1 is 1.33 bits per heavy atom. The van der Waals surface area contributed by atoms with Crippen molar-refractivity contribution in [1.82, 2.24) is 10.3 Å². The second-order valence-corrected chi connectivity index (χ2v) is 7.95. The third kappa shape index (κ3) is 2.87. The molecule has 0 bridgehead atoms. The number of carbonyl (C=O) groups is 1. The van der Waals surface area contributed by atoms with Crippen LogP contribution in [0.3, 0.4) is 0 Å². The molecule has 1 saturated carbocycles. The average molecular weight is 341 g/mol. The molecule has 1 amide bonds. The summed E-state index contributed by atoms with van der Waals surface area (Å²) in [6.07, 6.45) is 4.21. The minimum Gasteiger partial charge on any atom is -0.317 e. The summed E-state index contributed by atoms with van der Waals surface area (Å²) in [6.45, 7) is 4.22. The summed E-state index contributed by atoms with van der Waals surface area (Å²) in [6, 6.07) is 10.2. The van der Waals surface area contributed by atoms with Gasteiger partial charge in [0.05, 0.1) is 5.69 Å². The van der Waals surface area contributed by atoms with Gasteiger partial charge in [0.25, 0.3) is 0 Å². The quantitative estimate of drug-likeness (QED) is 0.891. The zero-order valence-electron chi connectivity index (χ0n) is 14.0. The smallest absolute Gasteiger partial charge is 0.229 e. The molecule has 1 aliphatic heterocycles. The van der Waals surface area contributed by atoms with Gasteiger partial charge in [0.1, 0.15) is 0 Å². The van der Waals surface area contributed by atoms with E-state index >= 15 is 0 Å². The van der Waals surface area contributed by atoms with Gasteiger partial charge in [-0.05, 0) is 44.2 Å². The Hall–Kier alpha value is -1.72. The van der Waals surface area contributed by atoms with Crippen LogP contribution >= 0.6 is 11.3 Å². The van der Waals surface area contributed by atoms with Gasteiger partial charge in [0.2, 0.25) is 5.91 Å². The number of aromatic nitrogens is 1. The van der Waals surface area contributed by atoms with E-state index in [9.17, 15) is 4.79 Å². The summed E-state index contributed by atoms with van der Waals surface area (Å²) in [5.74, 6) is 0.335. The molecule has 2 aromatic rings. The molecule has 2 fully saturated rings. The van der Waals surface area contributed by atoms with Crippen molar-refractivity contribution in [2.45, 2.75) is 32.6 Å². The highest BCUT2D eigenvalue weighted by Gasteiger charge is 2.57. The third-order valence-electron chi connectivity index (χ3n) is 5.40. The lowest BCUT2D eigenvalue weighted by Crippen LogP contribution is -2.31. The molecule has 24 heavy (non-hydrogen) atoms. The van der Waals surface area contributed by atoms with Gasteiger partial charge in [-0.25, -0.2) is 4.98 Å². The van der Waals surface area contributed by atoms with Gasteiger partial charge in [-0.1, -0.05) is 37.3 Å². The van der Waals surface area contributed by atoms with E-state index in [1.54, 1.807) is 11.3 Å². The number of hydrogen-bond donors (Lipinski definition) is 2. The number of thiazole rings is 1. The van der Waals surface area contributed by atoms with Crippen LogP contribution in [0.5, 0.6) is 0 Å². The van der Waals surface area contributed by atoms with Crippen molar-refractivity contribution in [2.24, 2.45) is 11.3 Å². The second kappa shape index (κ2) is 6.30. The van der Waals surface area contributed by atoms with Gasteiger partial charge in [-0.3, -0.25) is 4.79 Å². The lowest BCUT2D eigenvalue weighted by Gasteiger charge is -2.22. The molecule has 2 heterocycles. The van der Waals surface area contributed by atoms with E-state index < -0.39 is 0 Å². The fourth-order valence-corrected chi connectivity index (χ4v) is 4.78. The molecular formula is C19H23N3OS. The fourth-order valence-electron chi connectivity index (χ4n) is 3.85. The maximum absolute atomic E-state index is 12.6. The van der Waals surface area contributed by atoms with Gasteiger partial charge >= 0.3 is 0 Å². The van der Waals surface area contributed by atoms with Gasteiger partial charge in [0.15, 0.2) is 5.13 Å². The Balaban J connectivity index is 1.49. The molecule has 0 radical (unpaired) electrons. The van der Waals surface area contributed by atoms with Crippen molar-refractivity contribution >= 4 is 22.4 Å². The molecule has 2 aliphatic rings. The maximum Gasteiger partial charge on any atom is 0.229 e. The minimum atomic E-state index is 0.160. The van der Waals surface area contributed by atoms with Crippen LogP contribution in [0.1, 0.15) is 31.1 Å². The van der Waals surface area contributed by atoms with Crippen LogP contribution in [0, 0.1) is 11.3 Å². The van der Waals surface area contributed by atoms with Crippen LogP contribution in [-0.4, -0.2) is 24.0 Å². The summed E-state index contributed by atoms with van der Waals surface area (Å²) in [5.41, 5.74) is 2.39. The highest BCUT2D eigenvalue weighted by Crippen LogP contribution is 2.58. The van der Waals surface area contributed by atoms with Gasteiger partial charge in [-0.15, -0.1) is 11.3 Å². The van der Waals surface area contributed by atoms with E-state index in [4.69, 9.17) is 4.98 Å². The van der Waals surface area contributed by atoms with E-state index in [2.05, 4.69) is 29.7 Å². The normalized spacial score (nSPS) is 21.6. The first kappa shape index (κ1) is 15.8. The van der Waals surface area contributed by atoms with Crippen LogP contribution in [-0.2, 0) is 11.2 Å². The van der Waals surface area contributed by atoms with Crippen LogP contribution in [0.25, 0.3) is 11.3 Å². The second-order valence-electron chi connectivity index (χ2n) is 6.87. The summed E-state index contributed by atoms with van der Waals surface area (Å²) >= 11 is 1.61. The van der Waals surface area contributed by atoms with E-state index in [1.807, 2.05) is 18.2 Å². The lowest BCUT2D eigenvalue weighted by atomic mass is 9.92. The molecule has 1 unspecified atom stereocenters. The molecule has 4 nitrogen and oxygen atoms in total. The van der Waals surface area contributed by atoms with Crippen molar-refractivity contribution in [3.63, 3.8) is 0 Å². The van der Waals surface area contributed by atoms with E-state index in [1.165, 1.54) is 4.88 Å². The standard InChI is InChI=1S/C19H23N3OS/c1-2-15-16(13-6-4-3-5-7-13)21-18(24-15)22-17(23)14-12-19(14)8-10-20-11-9-19/h3-7,14,20H,2,8-12H2,1H3,(H,21,22,23). The summed E-state index contributed by atoms with van der Waals surface area (Å²) in [4.78, 5) is 18.6. The molecule has 1 aliphatic carbocycles. The summed E-state index contributed by atoms with van der Waals surface area (Å²) in [5, 5.41) is 7.21. The molecule has 1 saturated heterocycles. The van der Waals surface area contributed by atoms with E-state index in [0.29, 0.717) is 0 Å². The average Bonchev–Trinajstić information content (AvgIpc) is 3.15. The number of carbonyl (C=O) groups excluding carboxylic acids is 1. The van der Waals surface area contributed by atoms with Gasteiger partial charge in [0, 0.05) is 16.4 Å². The Kier molecular flexibility index (Phi) is 4.14. The van der Waals surface area contributed by atoms with Gasteiger partial charge in [-0.2, -0.15) is 0 Å². The van der Waals surface area contributed by atoms with E-state index in [0.717, 1.165) is 55.2 Å². The molecule has 126 valence electrons. The number of anilines is 1. The molecule has 1 aromatic carbocycles. The number of hydrogen-bond acceptors (Lipinski definition) is 4. The largest absolute Gasteiger partial charge is 0.317 e. The van der Waals surface area contributed by atoms with Crippen LogP contribution in [0.4, 0.5) is 5.13 Å². The topological polar surface area (TPSA) is 54.0 Å². The summed E-state index contributed by atoms with van der Waals surface area (Å²) in [7, 11) is 0. The number of amides is 1. The first-order valence-electron chi connectivity index (χ1n) is 8.78. The number of benzene rings is 1. The lowest BCUT2D eigenvalue weighted by molar-refractivity contribution is -0.118. The SMILES string of the molecule is CCc1sc(NC(=O)C2CC23CCNCC3)nc1-c1ccccc1. The Bertz CT molecular complexity index is 734. The van der Waals surface area contributed by atoms with Crippen molar-refractivity contribution in [3.8, 4) is 11.3 Å². The van der Waals surface area contributed by atoms with Crippen molar-refractivity contribution in [1.29, 1.82) is 0 Å². The third-order valence-corrected chi connectivity index (χ3v) is 6.52.